The molecule has 0 aliphatic carbocycles. The van der Waals surface area contributed by atoms with Crippen LogP contribution in [0.15, 0.2) is 12.4 Å². The van der Waals surface area contributed by atoms with Crippen molar-refractivity contribution in [2.75, 3.05) is 6.54 Å². The van der Waals surface area contributed by atoms with Crippen molar-refractivity contribution in [3.63, 3.8) is 0 Å². The first-order valence-corrected chi connectivity index (χ1v) is 6.67. The Hall–Kier alpha value is -2.18. The smallest absolute Gasteiger partial charge is 0.330 e. The zero-order chi connectivity index (χ0) is 14.7. The maximum Gasteiger partial charge on any atom is 0.330 e. The summed E-state index contributed by atoms with van der Waals surface area (Å²) < 4.78 is 1.83. The normalized spacial score (nSPS) is 19.4. The molecule has 20 heavy (non-hydrogen) atoms. The van der Waals surface area contributed by atoms with Gasteiger partial charge in [-0.05, 0) is 6.42 Å². The molecule has 0 saturated carbocycles. The predicted octanol–water partition coefficient (Wildman–Crippen LogP) is 0.457. The molecule has 2 heterocycles. The zero-order valence-corrected chi connectivity index (χ0v) is 11.6. The number of carbonyl (C=O) groups is 3. The number of imide groups is 2. The van der Waals surface area contributed by atoms with Crippen LogP contribution in [-0.2, 0) is 23.1 Å². The van der Waals surface area contributed by atoms with Gasteiger partial charge in [0.2, 0.25) is 11.8 Å². The summed E-state index contributed by atoms with van der Waals surface area (Å²) in [6.45, 7) is 2.12. The molecule has 108 valence electrons. The minimum absolute atomic E-state index is 0.225. The minimum atomic E-state index is -0.751. The van der Waals surface area contributed by atoms with E-state index in [0.29, 0.717) is 19.3 Å². The quantitative estimate of drug-likeness (QED) is 0.793. The van der Waals surface area contributed by atoms with Gasteiger partial charge in [-0.15, -0.1) is 0 Å². The number of aryl methyl sites for hydroxylation is 1. The fraction of sp³-hybridized carbons (Fsp3) is 0.538. The van der Waals surface area contributed by atoms with Crippen LogP contribution in [0.25, 0.3) is 0 Å². The topological polar surface area (TPSA) is 84.3 Å². The summed E-state index contributed by atoms with van der Waals surface area (Å²) in [5.74, 6) is -0.862. The first-order chi connectivity index (χ1) is 9.54. The monoisotopic (exact) mass is 278 g/mol. The van der Waals surface area contributed by atoms with Crippen molar-refractivity contribution in [3.8, 4) is 0 Å². The maximum atomic E-state index is 12.2. The number of nitrogens with one attached hydrogen (secondary N) is 1. The summed E-state index contributed by atoms with van der Waals surface area (Å²) in [5, 5.41) is 2.24. The molecule has 4 amide bonds. The molecule has 1 fully saturated rings. The van der Waals surface area contributed by atoms with Crippen molar-refractivity contribution < 1.29 is 14.4 Å². The van der Waals surface area contributed by atoms with E-state index in [4.69, 9.17) is 0 Å². The van der Waals surface area contributed by atoms with Crippen molar-refractivity contribution in [2.45, 2.75) is 26.2 Å². The lowest BCUT2D eigenvalue weighted by Crippen LogP contribution is -2.58. The number of amides is 4. The fourth-order valence-electron chi connectivity index (χ4n) is 2.26. The average molecular weight is 278 g/mol. The van der Waals surface area contributed by atoms with Gasteiger partial charge in [0, 0.05) is 32.4 Å². The van der Waals surface area contributed by atoms with E-state index in [1.807, 2.05) is 18.5 Å². The molecule has 1 unspecified atom stereocenters. The van der Waals surface area contributed by atoms with Crippen molar-refractivity contribution >= 4 is 17.8 Å². The van der Waals surface area contributed by atoms with E-state index in [1.54, 1.807) is 12.4 Å². The van der Waals surface area contributed by atoms with E-state index in [9.17, 15) is 14.4 Å². The van der Waals surface area contributed by atoms with E-state index in [1.165, 1.54) is 0 Å². The fourth-order valence-corrected chi connectivity index (χ4v) is 2.26. The maximum absolute atomic E-state index is 12.2. The SMILES string of the molecule is CCCC1C(=O)NC(=O)N(CCc2nccn2C)C1=O. The van der Waals surface area contributed by atoms with Gasteiger partial charge in [0.25, 0.3) is 0 Å². The Kier molecular flexibility index (Phi) is 4.16. The van der Waals surface area contributed by atoms with Gasteiger partial charge in [0.05, 0.1) is 0 Å². The Bertz CT molecular complexity index is 537. The summed E-state index contributed by atoms with van der Waals surface area (Å²) in [6, 6.07) is -0.637. The largest absolute Gasteiger partial charge is 0.338 e. The summed E-state index contributed by atoms with van der Waals surface area (Å²) >= 11 is 0. The molecule has 1 aromatic heterocycles. The number of rotatable bonds is 5. The van der Waals surface area contributed by atoms with Crippen LogP contribution < -0.4 is 5.32 Å². The Morgan fingerprint density at radius 2 is 2.10 bits per heavy atom. The molecule has 1 saturated heterocycles. The van der Waals surface area contributed by atoms with Crippen molar-refractivity contribution in [1.29, 1.82) is 0 Å². The lowest BCUT2D eigenvalue weighted by Gasteiger charge is -2.29. The molecule has 2 rings (SSSR count). The lowest BCUT2D eigenvalue weighted by molar-refractivity contribution is -0.142. The van der Waals surface area contributed by atoms with Gasteiger partial charge in [-0.2, -0.15) is 0 Å². The Balaban J connectivity index is 2.05. The molecular formula is C13H18N4O3. The van der Waals surface area contributed by atoms with Crippen LogP contribution in [0.1, 0.15) is 25.6 Å². The van der Waals surface area contributed by atoms with E-state index < -0.39 is 23.8 Å². The third-order valence-electron chi connectivity index (χ3n) is 3.41. The van der Waals surface area contributed by atoms with Crippen molar-refractivity contribution in [3.05, 3.63) is 18.2 Å². The highest BCUT2D eigenvalue weighted by molar-refractivity contribution is 6.16. The van der Waals surface area contributed by atoms with Gasteiger partial charge >= 0.3 is 6.03 Å². The Morgan fingerprint density at radius 1 is 1.35 bits per heavy atom. The molecule has 0 aromatic carbocycles. The number of nitrogens with zero attached hydrogens (tertiary/aromatic N) is 3. The first-order valence-electron chi connectivity index (χ1n) is 6.67. The number of urea groups is 1. The third kappa shape index (κ3) is 2.71. The van der Waals surface area contributed by atoms with Crippen LogP contribution in [0.2, 0.25) is 0 Å². The van der Waals surface area contributed by atoms with Gasteiger partial charge in [-0.1, -0.05) is 13.3 Å². The van der Waals surface area contributed by atoms with Crippen LogP contribution in [0.5, 0.6) is 0 Å². The lowest BCUT2D eigenvalue weighted by atomic mass is 9.99. The van der Waals surface area contributed by atoms with Crippen LogP contribution in [-0.4, -0.2) is 38.8 Å². The van der Waals surface area contributed by atoms with Crippen molar-refractivity contribution in [2.24, 2.45) is 13.0 Å². The Labute approximate surface area is 117 Å². The van der Waals surface area contributed by atoms with E-state index in [-0.39, 0.29) is 6.54 Å². The zero-order valence-electron chi connectivity index (χ0n) is 11.6. The molecule has 7 nitrogen and oxygen atoms in total. The highest BCUT2D eigenvalue weighted by atomic mass is 16.2. The molecule has 0 bridgehead atoms. The molecule has 1 aliphatic heterocycles. The van der Waals surface area contributed by atoms with E-state index >= 15 is 0 Å². The molecule has 1 N–H and O–H groups in total. The summed E-state index contributed by atoms with van der Waals surface area (Å²) in [6.07, 6.45) is 5.10. The molecule has 1 atom stereocenters. The first kappa shape index (κ1) is 14.2. The van der Waals surface area contributed by atoms with Gasteiger partial charge in [-0.3, -0.25) is 19.8 Å². The van der Waals surface area contributed by atoms with Crippen LogP contribution >= 0.6 is 0 Å². The Morgan fingerprint density at radius 3 is 2.70 bits per heavy atom. The summed E-state index contributed by atoms with van der Waals surface area (Å²) in [4.78, 5) is 40.8. The molecule has 7 heteroatoms. The molecule has 0 spiro atoms. The van der Waals surface area contributed by atoms with Crippen molar-refractivity contribution in [1.82, 2.24) is 19.8 Å². The highest BCUT2D eigenvalue weighted by Gasteiger charge is 2.39. The van der Waals surface area contributed by atoms with E-state index in [0.717, 1.165) is 10.7 Å². The number of aromatic nitrogens is 2. The second-order valence-electron chi connectivity index (χ2n) is 4.83. The molecule has 1 aromatic rings. The second-order valence-corrected chi connectivity index (χ2v) is 4.83. The van der Waals surface area contributed by atoms with Gasteiger partial charge in [0.1, 0.15) is 11.7 Å². The number of imidazole rings is 1. The average Bonchev–Trinajstić information content (AvgIpc) is 2.80. The second kappa shape index (κ2) is 5.85. The van der Waals surface area contributed by atoms with Gasteiger partial charge in [-0.25, -0.2) is 9.78 Å². The summed E-state index contributed by atoms with van der Waals surface area (Å²) in [7, 11) is 1.85. The third-order valence-corrected chi connectivity index (χ3v) is 3.41. The molecule has 1 aliphatic rings. The number of hydrogen-bond donors (Lipinski definition) is 1. The highest BCUT2D eigenvalue weighted by Crippen LogP contribution is 2.16. The predicted molar refractivity (Wildman–Crippen MR) is 70.6 cm³/mol. The van der Waals surface area contributed by atoms with E-state index in [2.05, 4.69) is 10.3 Å². The number of carbonyl (C=O) groups excluding carboxylic acids is 3. The molecular weight excluding hydrogens is 260 g/mol. The number of hydrogen-bond acceptors (Lipinski definition) is 4. The van der Waals surface area contributed by atoms with Gasteiger partial charge < -0.3 is 4.57 Å². The summed E-state index contributed by atoms with van der Waals surface area (Å²) in [5.41, 5.74) is 0. The van der Waals surface area contributed by atoms with Crippen LogP contribution in [0, 0.1) is 5.92 Å². The standard InChI is InChI=1S/C13H18N4O3/c1-3-4-9-11(18)15-13(20)17(12(9)19)7-5-10-14-6-8-16(10)2/h6,8-9H,3-5,7H2,1-2H3,(H,15,18,20). The minimum Gasteiger partial charge on any atom is -0.338 e. The van der Waals surface area contributed by atoms with Crippen LogP contribution in [0.4, 0.5) is 4.79 Å². The number of barbiturate groups is 1. The van der Waals surface area contributed by atoms with Crippen LogP contribution in [0.3, 0.4) is 0 Å². The molecule has 0 radical (unpaired) electrons. The van der Waals surface area contributed by atoms with Gasteiger partial charge in [0.15, 0.2) is 0 Å².